The van der Waals surface area contributed by atoms with E-state index in [2.05, 4.69) is 17.2 Å². The largest absolute Gasteiger partial charge is 0.389 e. The lowest BCUT2D eigenvalue weighted by molar-refractivity contribution is -0.0122. The Bertz CT molecular complexity index is 410. The number of nitrogens with one attached hydrogen (secondary N) is 1. The molecule has 1 aromatic heterocycles. The summed E-state index contributed by atoms with van der Waals surface area (Å²) in [6, 6.07) is 0. The Morgan fingerprint density at radius 1 is 1.63 bits per heavy atom. The summed E-state index contributed by atoms with van der Waals surface area (Å²) in [6.07, 6.45) is 6.33. The van der Waals surface area contributed by atoms with Crippen LogP contribution in [0.4, 0.5) is 8.78 Å². The number of aliphatic hydroxyl groups is 1. The highest BCUT2D eigenvalue weighted by atomic mass is 19.3. The molecule has 1 aliphatic carbocycles. The van der Waals surface area contributed by atoms with Gasteiger partial charge in [-0.2, -0.15) is 8.78 Å². The topological polar surface area (TPSA) is 50.1 Å². The van der Waals surface area contributed by atoms with Crippen LogP contribution in [-0.4, -0.2) is 26.8 Å². The highest BCUT2D eigenvalue weighted by Crippen LogP contribution is 2.31. The zero-order valence-electron chi connectivity index (χ0n) is 11.1. The number of hydrogen-bond donors (Lipinski definition) is 2. The minimum atomic E-state index is -2.57. The van der Waals surface area contributed by atoms with Gasteiger partial charge in [-0.15, -0.1) is 0 Å². The molecule has 0 bridgehead atoms. The van der Waals surface area contributed by atoms with Gasteiger partial charge in [0.25, 0.3) is 0 Å². The van der Waals surface area contributed by atoms with Gasteiger partial charge in [-0.3, -0.25) is 4.57 Å². The molecule has 4 nitrogen and oxygen atoms in total. The summed E-state index contributed by atoms with van der Waals surface area (Å²) in [6.45, 7) is 0.229. The first-order chi connectivity index (χ1) is 9.00. The fourth-order valence-corrected chi connectivity index (χ4v) is 2.86. The quantitative estimate of drug-likeness (QED) is 0.865. The summed E-state index contributed by atoms with van der Waals surface area (Å²) in [4.78, 5) is 3.90. The van der Waals surface area contributed by atoms with Crippen molar-refractivity contribution >= 4 is 0 Å². The normalized spacial score (nSPS) is 27.9. The van der Waals surface area contributed by atoms with E-state index in [0.717, 1.165) is 30.3 Å². The molecule has 0 aromatic carbocycles. The predicted molar refractivity (Wildman–Crippen MR) is 67.8 cm³/mol. The molecule has 1 heterocycles. The van der Waals surface area contributed by atoms with E-state index in [1.54, 1.807) is 0 Å². The Morgan fingerprint density at radius 2 is 2.42 bits per heavy atom. The van der Waals surface area contributed by atoms with Crippen LogP contribution in [0.2, 0.25) is 0 Å². The Morgan fingerprint density at radius 3 is 3.11 bits per heavy atom. The Balaban J connectivity index is 1.84. The number of hydrogen-bond acceptors (Lipinski definition) is 3. The van der Waals surface area contributed by atoms with Crippen LogP contribution in [0.5, 0.6) is 0 Å². The molecule has 2 atom stereocenters. The SMILES string of the molecule is CC1CCCC(O)(CNCc2nccn2C(F)F)C1. The van der Waals surface area contributed by atoms with Crippen LogP contribution in [0, 0.1) is 5.92 Å². The lowest BCUT2D eigenvalue weighted by Crippen LogP contribution is -2.44. The summed E-state index contributed by atoms with van der Waals surface area (Å²) in [7, 11) is 0. The first kappa shape index (κ1) is 14.4. The van der Waals surface area contributed by atoms with Gasteiger partial charge in [-0.25, -0.2) is 4.98 Å². The summed E-state index contributed by atoms with van der Waals surface area (Å²) < 4.78 is 26.1. The second-order valence-electron chi connectivity index (χ2n) is 5.56. The molecule has 108 valence electrons. The first-order valence-corrected chi connectivity index (χ1v) is 6.73. The minimum absolute atomic E-state index is 0.244. The van der Waals surface area contributed by atoms with Gasteiger partial charge in [0.2, 0.25) is 0 Å². The number of nitrogens with zero attached hydrogens (tertiary/aromatic N) is 2. The molecule has 0 radical (unpaired) electrons. The summed E-state index contributed by atoms with van der Waals surface area (Å²) in [5, 5.41) is 13.5. The molecule has 0 saturated heterocycles. The Hall–Kier alpha value is -1.01. The van der Waals surface area contributed by atoms with Crippen molar-refractivity contribution in [2.75, 3.05) is 6.54 Å². The van der Waals surface area contributed by atoms with Gasteiger partial charge in [-0.05, 0) is 18.8 Å². The highest BCUT2D eigenvalue weighted by molar-refractivity contribution is 4.94. The molecule has 19 heavy (non-hydrogen) atoms. The second kappa shape index (κ2) is 5.96. The second-order valence-corrected chi connectivity index (χ2v) is 5.56. The van der Waals surface area contributed by atoms with Crippen LogP contribution in [0.15, 0.2) is 12.4 Å². The van der Waals surface area contributed by atoms with Crippen molar-refractivity contribution < 1.29 is 13.9 Å². The summed E-state index contributed by atoms with van der Waals surface area (Å²) in [5.74, 6) is 0.811. The molecule has 1 aromatic rings. The number of alkyl halides is 2. The average Bonchev–Trinajstić information content (AvgIpc) is 2.76. The van der Waals surface area contributed by atoms with Gasteiger partial charge < -0.3 is 10.4 Å². The van der Waals surface area contributed by atoms with E-state index >= 15 is 0 Å². The maximum atomic E-state index is 12.6. The van der Waals surface area contributed by atoms with Gasteiger partial charge in [0, 0.05) is 18.9 Å². The van der Waals surface area contributed by atoms with Gasteiger partial charge in [0.15, 0.2) is 0 Å². The molecule has 2 rings (SSSR count). The molecule has 2 unspecified atom stereocenters. The zero-order chi connectivity index (χ0) is 13.9. The number of imidazole rings is 1. The van der Waals surface area contributed by atoms with Crippen molar-refractivity contribution in [3.63, 3.8) is 0 Å². The van der Waals surface area contributed by atoms with E-state index in [4.69, 9.17) is 0 Å². The Kier molecular flexibility index (Phi) is 4.52. The maximum absolute atomic E-state index is 12.6. The van der Waals surface area contributed by atoms with Crippen LogP contribution in [0.3, 0.4) is 0 Å². The van der Waals surface area contributed by atoms with Crippen LogP contribution in [0.25, 0.3) is 0 Å². The predicted octanol–water partition coefficient (Wildman–Crippen LogP) is 2.31. The minimum Gasteiger partial charge on any atom is -0.389 e. The van der Waals surface area contributed by atoms with Crippen molar-refractivity contribution in [3.8, 4) is 0 Å². The molecule has 0 spiro atoms. The fraction of sp³-hybridized carbons (Fsp3) is 0.769. The summed E-state index contributed by atoms with van der Waals surface area (Å²) >= 11 is 0. The average molecular weight is 273 g/mol. The fourth-order valence-electron chi connectivity index (χ4n) is 2.86. The van der Waals surface area contributed by atoms with Gasteiger partial charge >= 0.3 is 6.55 Å². The van der Waals surface area contributed by atoms with Gasteiger partial charge in [-0.1, -0.05) is 19.8 Å². The van der Waals surface area contributed by atoms with Crippen molar-refractivity contribution in [2.45, 2.75) is 51.3 Å². The molecule has 1 aliphatic rings. The van der Waals surface area contributed by atoms with Crippen LogP contribution in [0.1, 0.15) is 45.0 Å². The molecule has 1 saturated carbocycles. The number of halogens is 2. The smallest absolute Gasteiger partial charge is 0.319 e. The molecule has 1 fully saturated rings. The third-order valence-electron chi connectivity index (χ3n) is 3.76. The number of rotatable bonds is 5. The number of aromatic nitrogens is 2. The molecular weight excluding hydrogens is 252 g/mol. The van der Waals surface area contributed by atoms with E-state index in [1.807, 2.05) is 0 Å². The standard InChI is InChI=1S/C13H21F2N3O/c1-10-3-2-4-13(19,7-10)9-16-8-11-17-5-6-18(11)12(14)15/h5-6,10,12,16,19H,2-4,7-9H2,1H3. The highest BCUT2D eigenvalue weighted by Gasteiger charge is 2.32. The van der Waals surface area contributed by atoms with Gasteiger partial charge in [0.1, 0.15) is 5.82 Å². The van der Waals surface area contributed by atoms with Gasteiger partial charge in [0.05, 0.1) is 12.1 Å². The van der Waals surface area contributed by atoms with Crippen LogP contribution in [-0.2, 0) is 6.54 Å². The molecule has 0 amide bonds. The third-order valence-corrected chi connectivity index (χ3v) is 3.76. The van der Waals surface area contributed by atoms with Crippen molar-refractivity contribution in [1.29, 1.82) is 0 Å². The van der Waals surface area contributed by atoms with Crippen molar-refractivity contribution in [1.82, 2.24) is 14.9 Å². The maximum Gasteiger partial charge on any atom is 0.319 e. The Labute approximate surface area is 111 Å². The lowest BCUT2D eigenvalue weighted by atomic mass is 9.79. The third kappa shape index (κ3) is 3.73. The first-order valence-electron chi connectivity index (χ1n) is 6.73. The van der Waals surface area contributed by atoms with E-state index in [1.165, 1.54) is 12.4 Å². The molecule has 0 aliphatic heterocycles. The van der Waals surface area contributed by atoms with E-state index < -0.39 is 12.2 Å². The zero-order valence-corrected chi connectivity index (χ0v) is 11.1. The van der Waals surface area contributed by atoms with Crippen molar-refractivity contribution in [3.05, 3.63) is 18.2 Å². The lowest BCUT2D eigenvalue weighted by Gasteiger charge is -2.35. The molecular formula is C13H21F2N3O. The summed E-state index contributed by atoms with van der Waals surface area (Å²) in [5.41, 5.74) is -0.708. The molecule has 6 heteroatoms. The molecule has 2 N–H and O–H groups in total. The van der Waals surface area contributed by atoms with E-state index in [0.29, 0.717) is 18.3 Å². The van der Waals surface area contributed by atoms with Crippen LogP contribution < -0.4 is 5.32 Å². The van der Waals surface area contributed by atoms with Crippen LogP contribution >= 0.6 is 0 Å². The van der Waals surface area contributed by atoms with E-state index in [-0.39, 0.29) is 6.54 Å². The van der Waals surface area contributed by atoms with Crippen molar-refractivity contribution in [2.24, 2.45) is 5.92 Å². The van der Waals surface area contributed by atoms with E-state index in [9.17, 15) is 13.9 Å². The monoisotopic (exact) mass is 273 g/mol.